The van der Waals surface area contributed by atoms with E-state index in [9.17, 15) is 14.4 Å². The van der Waals surface area contributed by atoms with Gasteiger partial charge in [-0.3, -0.25) is 14.4 Å². The van der Waals surface area contributed by atoms with Crippen LogP contribution in [0.5, 0.6) is 0 Å². The molecule has 0 fully saturated rings. The van der Waals surface area contributed by atoms with Gasteiger partial charge in [0.05, 0.1) is 11.6 Å². The maximum atomic E-state index is 13.3. The van der Waals surface area contributed by atoms with Crippen LogP contribution in [0.2, 0.25) is 0 Å². The van der Waals surface area contributed by atoms with Crippen molar-refractivity contribution in [2.75, 3.05) is 18.0 Å². The molecule has 1 atom stereocenters. The molecule has 0 saturated heterocycles. The van der Waals surface area contributed by atoms with E-state index < -0.39 is 17.9 Å². The Balaban J connectivity index is 1.59. The van der Waals surface area contributed by atoms with Gasteiger partial charge < -0.3 is 10.2 Å². The van der Waals surface area contributed by atoms with Crippen molar-refractivity contribution in [3.8, 4) is 0 Å². The number of fused-ring (bicyclic) bond motifs is 1. The van der Waals surface area contributed by atoms with Crippen molar-refractivity contribution in [3.63, 3.8) is 0 Å². The number of aromatic nitrogens is 2. The molecule has 0 bridgehead atoms. The first kappa shape index (κ1) is 25.3. The van der Waals surface area contributed by atoms with E-state index in [1.807, 2.05) is 24.3 Å². The van der Waals surface area contributed by atoms with E-state index in [0.717, 1.165) is 24.3 Å². The predicted molar refractivity (Wildman–Crippen MR) is 145 cm³/mol. The Labute approximate surface area is 214 Å². The average Bonchev–Trinajstić information content (AvgIpc) is 2.94. The van der Waals surface area contributed by atoms with Crippen LogP contribution in [0.1, 0.15) is 41.5 Å². The first-order valence-corrected chi connectivity index (χ1v) is 12.0. The van der Waals surface area contributed by atoms with Crippen LogP contribution in [0, 0.1) is 0 Å². The van der Waals surface area contributed by atoms with Gasteiger partial charge >= 0.3 is 0 Å². The van der Waals surface area contributed by atoms with Gasteiger partial charge in [-0.25, -0.2) is 10.5 Å². The molecule has 4 aromatic rings. The van der Waals surface area contributed by atoms with Crippen molar-refractivity contribution in [1.29, 1.82) is 0 Å². The summed E-state index contributed by atoms with van der Waals surface area (Å²) < 4.78 is 0. The standard InChI is InChI=1S/C28H28N6O3/c1-3-34(4-2)21-16-14-19(15-17-21)18-29-32-28(37)25(30-26(35)20-10-6-5-7-11-20)24-22-12-8-9-13-23(22)27(36)33-31-24/h5-18,25H,3-4H2,1-2H3,(H,30,35)(H,32,37)(H,33,36)/b29-18+. The number of nitrogens with zero attached hydrogens (tertiary/aromatic N) is 3. The Kier molecular flexibility index (Phi) is 8.05. The van der Waals surface area contributed by atoms with Gasteiger partial charge in [-0.1, -0.05) is 48.5 Å². The monoisotopic (exact) mass is 496 g/mol. The van der Waals surface area contributed by atoms with Crippen molar-refractivity contribution in [1.82, 2.24) is 20.9 Å². The topological polar surface area (TPSA) is 120 Å². The third kappa shape index (κ3) is 5.90. The molecule has 0 aliphatic heterocycles. The first-order valence-electron chi connectivity index (χ1n) is 12.0. The fourth-order valence-electron chi connectivity index (χ4n) is 4.01. The number of amides is 2. The largest absolute Gasteiger partial charge is 0.372 e. The number of rotatable bonds is 9. The lowest BCUT2D eigenvalue weighted by Crippen LogP contribution is -2.40. The van der Waals surface area contributed by atoms with Gasteiger partial charge in [-0.2, -0.15) is 10.2 Å². The van der Waals surface area contributed by atoms with Gasteiger partial charge in [0.1, 0.15) is 5.69 Å². The molecule has 1 unspecified atom stereocenters. The van der Waals surface area contributed by atoms with Crippen LogP contribution in [-0.4, -0.2) is 41.3 Å². The van der Waals surface area contributed by atoms with E-state index in [4.69, 9.17) is 0 Å². The molecule has 0 aliphatic rings. The van der Waals surface area contributed by atoms with Crippen LogP contribution in [0.25, 0.3) is 10.8 Å². The average molecular weight is 497 g/mol. The smallest absolute Gasteiger partial charge is 0.272 e. The predicted octanol–water partition coefficient (Wildman–Crippen LogP) is 3.39. The molecular weight excluding hydrogens is 468 g/mol. The molecule has 2 amide bonds. The lowest BCUT2D eigenvalue weighted by Gasteiger charge is -2.20. The number of hydrazone groups is 1. The lowest BCUT2D eigenvalue weighted by atomic mass is 10.0. The number of benzene rings is 3. The lowest BCUT2D eigenvalue weighted by molar-refractivity contribution is -0.123. The Hall–Kier alpha value is -4.79. The number of carbonyl (C=O) groups is 2. The van der Waals surface area contributed by atoms with E-state index in [1.165, 1.54) is 6.21 Å². The number of nitrogens with one attached hydrogen (secondary N) is 3. The minimum atomic E-state index is -1.21. The number of hydrogen-bond donors (Lipinski definition) is 3. The highest BCUT2D eigenvalue weighted by molar-refractivity contribution is 5.99. The van der Waals surface area contributed by atoms with E-state index in [-0.39, 0.29) is 11.3 Å². The molecule has 0 saturated carbocycles. The number of anilines is 1. The van der Waals surface area contributed by atoms with Crippen LogP contribution in [0.15, 0.2) is 88.8 Å². The highest BCUT2D eigenvalue weighted by Crippen LogP contribution is 2.20. The van der Waals surface area contributed by atoms with Crippen molar-refractivity contribution < 1.29 is 9.59 Å². The van der Waals surface area contributed by atoms with Gasteiger partial charge in [0.25, 0.3) is 17.4 Å². The maximum Gasteiger partial charge on any atom is 0.272 e. The number of H-pyrrole nitrogens is 1. The van der Waals surface area contributed by atoms with Gasteiger partial charge in [0, 0.05) is 29.7 Å². The van der Waals surface area contributed by atoms with Gasteiger partial charge in [-0.15, -0.1) is 0 Å². The molecule has 9 nitrogen and oxygen atoms in total. The third-order valence-electron chi connectivity index (χ3n) is 5.98. The summed E-state index contributed by atoms with van der Waals surface area (Å²) >= 11 is 0. The zero-order valence-corrected chi connectivity index (χ0v) is 20.6. The fourth-order valence-corrected chi connectivity index (χ4v) is 4.01. The molecule has 37 heavy (non-hydrogen) atoms. The molecular formula is C28H28N6O3. The highest BCUT2D eigenvalue weighted by Gasteiger charge is 2.27. The van der Waals surface area contributed by atoms with Gasteiger partial charge in [0.2, 0.25) is 0 Å². The molecule has 188 valence electrons. The Morgan fingerprint density at radius 2 is 1.59 bits per heavy atom. The summed E-state index contributed by atoms with van der Waals surface area (Å²) in [5.74, 6) is -1.07. The molecule has 1 heterocycles. The van der Waals surface area contributed by atoms with Crippen LogP contribution < -0.4 is 21.2 Å². The summed E-state index contributed by atoms with van der Waals surface area (Å²) in [5, 5.41) is 14.2. The second-order valence-electron chi connectivity index (χ2n) is 8.25. The first-order chi connectivity index (χ1) is 18.0. The van der Waals surface area contributed by atoms with Crippen LogP contribution in [0.3, 0.4) is 0 Å². The van der Waals surface area contributed by atoms with E-state index in [1.54, 1.807) is 54.6 Å². The molecule has 0 spiro atoms. The second-order valence-corrected chi connectivity index (χ2v) is 8.25. The molecule has 0 radical (unpaired) electrons. The van der Waals surface area contributed by atoms with Crippen LogP contribution in [0.4, 0.5) is 5.69 Å². The van der Waals surface area contributed by atoms with Gasteiger partial charge in [-0.05, 0) is 49.7 Å². The molecule has 3 aromatic carbocycles. The Bertz CT molecular complexity index is 1460. The van der Waals surface area contributed by atoms with Gasteiger partial charge in [0.15, 0.2) is 6.04 Å². The quantitative estimate of drug-likeness (QED) is 0.242. The normalized spacial score (nSPS) is 11.8. The fraction of sp³-hybridized carbons (Fsp3) is 0.179. The van der Waals surface area contributed by atoms with Crippen LogP contribution in [-0.2, 0) is 4.79 Å². The van der Waals surface area contributed by atoms with Crippen molar-refractivity contribution >= 4 is 34.5 Å². The zero-order chi connectivity index (χ0) is 26.2. The third-order valence-corrected chi connectivity index (χ3v) is 5.98. The van der Waals surface area contributed by atoms with Crippen molar-refractivity contribution in [2.24, 2.45) is 5.10 Å². The summed E-state index contributed by atoms with van der Waals surface area (Å²) in [6, 6.07) is 21.9. The Morgan fingerprint density at radius 3 is 2.27 bits per heavy atom. The molecule has 1 aromatic heterocycles. The Morgan fingerprint density at radius 1 is 0.946 bits per heavy atom. The number of carbonyl (C=O) groups excluding carboxylic acids is 2. The minimum Gasteiger partial charge on any atom is -0.372 e. The molecule has 4 rings (SSSR count). The minimum absolute atomic E-state index is 0.204. The molecule has 0 aliphatic carbocycles. The summed E-state index contributed by atoms with van der Waals surface area (Å²) in [5.41, 5.74) is 4.60. The highest BCUT2D eigenvalue weighted by atomic mass is 16.2. The van der Waals surface area contributed by atoms with Crippen molar-refractivity contribution in [2.45, 2.75) is 19.9 Å². The zero-order valence-electron chi connectivity index (χ0n) is 20.6. The number of aromatic amines is 1. The van der Waals surface area contributed by atoms with E-state index in [2.05, 4.69) is 44.8 Å². The summed E-state index contributed by atoms with van der Waals surface area (Å²) in [6.45, 7) is 6.01. The summed E-state index contributed by atoms with van der Waals surface area (Å²) in [6.07, 6.45) is 1.53. The number of hydrogen-bond acceptors (Lipinski definition) is 6. The maximum absolute atomic E-state index is 13.3. The van der Waals surface area contributed by atoms with Crippen molar-refractivity contribution in [3.05, 3.63) is 106 Å². The summed E-state index contributed by atoms with van der Waals surface area (Å²) in [4.78, 5) is 40.7. The van der Waals surface area contributed by atoms with Crippen LogP contribution >= 0.6 is 0 Å². The molecule has 3 N–H and O–H groups in total. The van der Waals surface area contributed by atoms with E-state index >= 15 is 0 Å². The summed E-state index contributed by atoms with van der Waals surface area (Å²) in [7, 11) is 0. The molecule has 9 heteroatoms. The van der Waals surface area contributed by atoms with E-state index in [0.29, 0.717) is 16.3 Å². The second kappa shape index (κ2) is 11.8. The SMILES string of the molecule is CCN(CC)c1ccc(/C=N/NC(=O)C(NC(=O)c2ccccc2)c2n[nH]c(=O)c3ccccc23)cc1.